The molecule has 1 saturated carbocycles. The van der Waals surface area contributed by atoms with Crippen LogP contribution in [0, 0.1) is 5.92 Å². The van der Waals surface area contributed by atoms with Crippen molar-refractivity contribution in [2.75, 3.05) is 26.7 Å². The van der Waals surface area contributed by atoms with Crippen LogP contribution < -0.4 is 11.1 Å². The Hall–Kier alpha value is -3.06. The first-order valence-corrected chi connectivity index (χ1v) is 14.1. The number of nitrogens with zero attached hydrogens (tertiary/aromatic N) is 2. The van der Waals surface area contributed by atoms with E-state index in [1.54, 1.807) is 6.07 Å². The molecule has 2 atom stereocenters. The van der Waals surface area contributed by atoms with Gasteiger partial charge in [-0.2, -0.15) is 0 Å². The van der Waals surface area contributed by atoms with Crippen molar-refractivity contribution in [2.24, 2.45) is 11.7 Å². The van der Waals surface area contributed by atoms with E-state index in [0.717, 1.165) is 55.6 Å². The Kier molecular flexibility index (Phi) is 7.90. The molecule has 2 unspecified atom stereocenters. The third kappa shape index (κ3) is 5.65. The first-order valence-electron chi connectivity index (χ1n) is 13.3. The number of benzene rings is 3. The summed E-state index contributed by atoms with van der Waals surface area (Å²) in [4.78, 5) is 30.2. The second-order valence-corrected chi connectivity index (χ2v) is 11.7. The van der Waals surface area contributed by atoms with Gasteiger partial charge < -0.3 is 20.9 Å². The van der Waals surface area contributed by atoms with Gasteiger partial charge in [-0.15, -0.1) is 0 Å². The van der Waals surface area contributed by atoms with Crippen LogP contribution in [0.4, 0.5) is 4.79 Å². The number of primary amides is 1. The van der Waals surface area contributed by atoms with E-state index in [4.69, 9.17) is 28.9 Å². The van der Waals surface area contributed by atoms with Crippen LogP contribution in [0.15, 0.2) is 78.9 Å². The Labute approximate surface area is 240 Å². The van der Waals surface area contributed by atoms with E-state index in [0.29, 0.717) is 16.6 Å². The molecule has 0 aromatic heterocycles. The van der Waals surface area contributed by atoms with E-state index in [-0.39, 0.29) is 11.8 Å². The smallest absolute Gasteiger partial charge is 0.312 e. The monoisotopic (exact) mass is 564 g/mol. The maximum absolute atomic E-state index is 14.1. The summed E-state index contributed by atoms with van der Waals surface area (Å²) in [6.45, 7) is 2.90. The van der Waals surface area contributed by atoms with Crippen LogP contribution in [0.2, 0.25) is 10.0 Å². The zero-order valence-electron chi connectivity index (χ0n) is 22.1. The van der Waals surface area contributed by atoms with Crippen LogP contribution in [0.5, 0.6) is 0 Å². The summed E-state index contributed by atoms with van der Waals surface area (Å²) < 4.78 is 0. The summed E-state index contributed by atoms with van der Waals surface area (Å²) in [5, 5.41) is 3.97. The van der Waals surface area contributed by atoms with Crippen LogP contribution in [0.1, 0.15) is 36.0 Å². The van der Waals surface area contributed by atoms with Gasteiger partial charge in [0, 0.05) is 33.2 Å². The standard InChI is InChI=1S/C31H34Cl2N4O2/c1-36(20-22-8-4-2-5-9-22)28(38)31(24-12-13-26(32)27(33)18-24)19-25(31)21-37-16-14-30(15-17-37,35-29(34)39)23-10-6-3-7-11-23/h2-13,18,25H,14-17,19-21H2,1H3,(H3,34,35,39). The van der Waals surface area contributed by atoms with Gasteiger partial charge in [-0.3, -0.25) is 4.79 Å². The average molecular weight is 566 g/mol. The number of halogens is 2. The number of amides is 3. The average Bonchev–Trinajstić information content (AvgIpc) is 3.66. The minimum absolute atomic E-state index is 0.0979. The number of rotatable bonds is 8. The molecule has 0 bridgehead atoms. The van der Waals surface area contributed by atoms with Gasteiger partial charge in [-0.25, -0.2) is 4.79 Å². The molecule has 0 radical (unpaired) electrons. The Balaban J connectivity index is 1.34. The van der Waals surface area contributed by atoms with Crippen LogP contribution in [-0.2, 0) is 22.3 Å². The zero-order chi connectivity index (χ0) is 27.6. The Bertz CT molecular complexity index is 1330. The maximum atomic E-state index is 14.1. The van der Waals surface area contributed by atoms with Crippen molar-refractivity contribution in [2.45, 2.75) is 36.8 Å². The van der Waals surface area contributed by atoms with Crippen LogP contribution in [0.3, 0.4) is 0 Å². The second kappa shape index (κ2) is 11.2. The summed E-state index contributed by atoms with van der Waals surface area (Å²) in [7, 11) is 1.87. The van der Waals surface area contributed by atoms with Gasteiger partial charge in [0.1, 0.15) is 0 Å². The van der Waals surface area contributed by atoms with E-state index in [1.807, 2.05) is 84.7 Å². The van der Waals surface area contributed by atoms with Crippen molar-refractivity contribution in [1.82, 2.24) is 15.1 Å². The minimum atomic E-state index is -0.642. The van der Waals surface area contributed by atoms with Crippen LogP contribution in [0.25, 0.3) is 0 Å². The van der Waals surface area contributed by atoms with Crippen molar-refractivity contribution < 1.29 is 9.59 Å². The van der Waals surface area contributed by atoms with Crippen LogP contribution in [-0.4, -0.2) is 48.4 Å². The number of hydrogen-bond donors (Lipinski definition) is 2. The van der Waals surface area contributed by atoms with Crippen molar-refractivity contribution in [3.05, 3.63) is 106 Å². The van der Waals surface area contributed by atoms with Gasteiger partial charge in [0.2, 0.25) is 5.91 Å². The highest BCUT2D eigenvalue weighted by atomic mass is 35.5. The normalized spacial score (nSPS) is 22.2. The lowest BCUT2D eigenvalue weighted by Gasteiger charge is -2.42. The number of likely N-dealkylation sites (N-methyl/N-ethyl adjacent to an activating group) is 1. The van der Waals surface area contributed by atoms with Crippen molar-refractivity contribution >= 4 is 35.1 Å². The predicted molar refractivity (Wildman–Crippen MR) is 156 cm³/mol. The molecule has 39 heavy (non-hydrogen) atoms. The predicted octanol–water partition coefficient (Wildman–Crippen LogP) is 5.57. The molecule has 6 nitrogen and oxygen atoms in total. The van der Waals surface area contributed by atoms with Gasteiger partial charge in [0.05, 0.1) is 21.0 Å². The number of carbonyl (C=O) groups is 2. The van der Waals surface area contributed by atoms with E-state index in [9.17, 15) is 9.59 Å². The summed E-state index contributed by atoms with van der Waals surface area (Å²) in [6, 6.07) is 25.1. The Morgan fingerprint density at radius 1 is 0.949 bits per heavy atom. The summed E-state index contributed by atoms with van der Waals surface area (Å²) in [5.41, 5.74) is 7.53. The fourth-order valence-electron chi connectivity index (χ4n) is 6.24. The topological polar surface area (TPSA) is 78.7 Å². The van der Waals surface area contributed by atoms with Crippen molar-refractivity contribution in [1.29, 1.82) is 0 Å². The van der Waals surface area contributed by atoms with Gasteiger partial charge in [-0.1, -0.05) is 89.9 Å². The first-order chi connectivity index (χ1) is 18.7. The molecule has 3 N–H and O–H groups in total. The fraction of sp³-hybridized carbons (Fsp3) is 0.355. The maximum Gasteiger partial charge on any atom is 0.312 e. The molecule has 204 valence electrons. The number of carbonyl (C=O) groups excluding carboxylic acids is 2. The molecule has 3 aromatic carbocycles. The lowest BCUT2D eigenvalue weighted by molar-refractivity contribution is -0.133. The number of nitrogens with two attached hydrogens (primary N) is 1. The Morgan fingerprint density at radius 2 is 1.59 bits per heavy atom. The number of urea groups is 1. The number of likely N-dealkylation sites (tertiary alicyclic amines) is 1. The molecule has 1 aliphatic heterocycles. The molecule has 2 fully saturated rings. The molecule has 5 rings (SSSR count). The molecule has 1 aliphatic carbocycles. The molecular formula is C31H34Cl2N4O2. The minimum Gasteiger partial charge on any atom is -0.352 e. The van der Waals surface area contributed by atoms with E-state index in [1.165, 1.54) is 0 Å². The number of nitrogens with one attached hydrogen (secondary N) is 1. The SMILES string of the molecule is CN(Cc1ccccc1)C(=O)C1(c2ccc(Cl)c(Cl)c2)CC1CN1CCC(NC(N)=O)(c2ccccc2)CC1. The summed E-state index contributed by atoms with van der Waals surface area (Å²) >= 11 is 12.7. The number of piperidine rings is 1. The fourth-order valence-corrected chi connectivity index (χ4v) is 6.54. The molecule has 1 saturated heterocycles. The van der Waals surface area contributed by atoms with Gasteiger partial charge >= 0.3 is 6.03 Å². The third-order valence-corrected chi connectivity index (χ3v) is 9.15. The first kappa shape index (κ1) is 27.5. The van der Waals surface area contributed by atoms with Crippen molar-refractivity contribution in [3.63, 3.8) is 0 Å². The highest BCUT2D eigenvalue weighted by Gasteiger charge is 2.62. The van der Waals surface area contributed by atoms with Gasteiger partial charge in [0.15, 0.2) is 0 Å². The van der Waals surface area contributed by atoms with Gasteiger partial charge in [-0.05, 0) is 54.0 Å². The third-order valence-electron chi connectivity index (χ3n) is 8.41. The highest BCUT2D eigenvalue weighted by Crippen LogP contribution is 2.56. The number of hydrogen-bond acceptors (Lipinski definition) is 3. The second-order valence-electron chi connectivity index (χ2n) is 10.9. The molecule has 8 heteroatoms. The molecule has 0 spiro atoms. The van der Waals surface area contributed by atoms with Crippen molar-refractivity contribution in [3.8, 4) is 0 Å². The highest BCUT2D eigenvalue weighted by molar-refractivity contribution is 6.42. The molecule has 3 aromatic rings. The summed E-state index contributed by atoms with van der Waals surface area (Å²) in [5.74, 6) is 0.245. The van der Waals surface area contributed by atoms with Gasteiger partial charge in [0.25, 0.3) is 0 Å². The van der Waals surface area contributed by atoms with E-state index >= 15 is 0 Å². The quantitative estimate of drug-likeness (QED) is 0.375. The lowest BCUT2D eigenvalue weighted by atomic mass is 9.80. The Morgan fingerprint density at radius 3 is 2.21 bits per heavy atom. The van der Waals surface area contributed by atoms with E-state index in [2.05, 4.69) is 10.2 Å². The largest absolute Gasteiger partial charge is 0.352 e. The molecule has 2 aliphatic rings. The van der Waals surface area contributed by atoms with E-state index < -0.39 is 17.0 Å². The molecule has 3 amide bonds. The summed E-state index contributed by atoms with van der Waals surface area (Å²) in [6.07, 6.45) is 2.24. The van der Waals surface area contributed by atoms with Crippen LogP contribution >= 0.6 is 23.2 Å². The zero-order valence-corrected chi connectivity index (χ0v) is 23.6. The lowest BCUT2D eigenvalue weighted by Crippen LogP contribution is -2.54. The molecule has 1 heterocycles. The molecular weight excluding hydrogens is 531 g/mol.